The second-order valence-electron chi connectivity index (χ2n) is 7.29. The zero-order valence-electron chi connectivity index (χ0n) is 17.8. The number of halogens is 1. The lowest BCUT2D eigenvalue weighted by molar-refractivity contribution is -0.116. The van der Waals surface area contributed by atoms with Crippen molar-refractivity contribution < 1.29 is 19.0 Å². The van der Waals surface area contributed by atoms with Gasteiger partial charge >= 0.3 is 0 Å². The normalized spacial score (nSPS) is 14.7. The first-order chi connectivity index (χ1) is 15.6. The van der Waals surface area contributed by atoms with E-state index >= 15 is 0 Å². The number of hydrogen-bond acceptors (Lipinski definition) is 5. The third-order valence-corrected chi connectivity index (χ3v) is 5.45. The molecule has 1 aliphatic rings. The van der Waals surface area contributed by atoms with Crippen LogP contribution in [0.25, 0.3) is 17.2 Å². The number of rotatable bonds is 7. The monoisotopic (exact) mass is 450 g/mol. The minimum absolute atomic E-state index is 0.197. The van der Waals surface area contributed by atoms with E-state index < -0.39 is 0 Å². The largest absolute Gasteiger partial charge is 0.497 e. The highest BCUT2D eigenvalue weighted by Crippen LogP contribution is 2.42. The molecule has 0 bridgehead atoms. The summed E-state index contributed by atoms with van der Waals surface area (Å²) in [6, 6.07) is 15.1. The molecule has 0 saturated carbocycles. The average molecular weight is 451 g/mol. The fraction of sp³-hybridized carbons (Fsp3) is 0.200. The average Bonchev–Trinajstić information content (AvgIpc) is 3.25. The summed E-state index contributed by atoms with van der Waals surface area (Å²) in [5.74, 6) is 1.90. The molecule has 164 valence electrons. The molecule has 3 aromatic rings. The lowest BCUT2D eigenvalue weighted by Gasteiger charge is -2.13. The molecule has 1 N–H and O–H groups in total. The van der Waals surface area contributed by atoms with Crippen LogP contribution >= 0.6 is 11.6 Å². The first-order valence-corrected chi connectivity index (χ1v) is 10.5. The molecule has 1 atom stereocenters. The van der Waals surface area contributed by atoms with Crippen LogP contribution in [0.1, 0.15) is 11.3 Å². The van der Waals surface area contributed by atoms with Crippen molar-refractivity contribution in [2.24, 2.45) is 0 Å². The summed E-state index contributed by atoms with van der Waals surface area (Å²) in [5.41, 5.74) is 3.50. The highest BCUT2D eigenvalue weighted by Gasteiger charge is 2.26. The number of pyridine rings is 1. The van der Waals surface area contributed by atoms with Crippen molar-refractivity contribution in [1.29, 1.82) is 0 Å². The van der Waals surface area contributed by atoms with Gasteiger partial charge in [0.1, 0.15) is 23.4 Å². The van der Waals surface area contributed by atoms with Crippen LogP contribution in [-0.2, 0) is 11.2 Å². The second kappa shape index (κ2) is 9.75. The van der Waals surface area contributed by atoms with Crippen LogP contribution in [-0.4, -0.2) is 37.8 Å². The molecule has 0 saturated heterocycles. The molecule has 7 heteroatoms. The molecule has 2 aromatic carbocycles. The molecule has 1 aliphatic heterocycles. The first kappa shape index (κ1) is 21.7. The molecule has 0 unspecified atom stereocenters. The number of hydrogen-bond donors (Lipinski definition) is 1. The summed E-state index contributed by atoms with van der Waals surface area (Å²) in [6.07, 6.45) is 5.26. The van der Waals surface area contributed by atoms with Gasteiger partial charge in [0.15, 0.2) is 0 Å². The molecule has 1 aromatic heterocycles. The summed E-state index contributed by atoms with van der Waals surface area (Å²) in [7, 11) is 3.25. The molecule has 32 heavy (non-hydrogen) atoms. The molecule has 0 radical (unpaired) electrons. The molecular formula is C25H23ClN2O4. The number of amides is 1. The maximum absolute atomic E-state index is 12.1. The van der Waals surface area contributed by atoms with E-state index in [1.807, 2.05) is 48.5 Å². The van der Waals surface area contributed by atoms with E-state index in [4.69, 9.17) is 25.8 Å². The quantitative estimate of drug-likeness (QED) is 0.535. The molecule has 0 spiro atoms. The summed E-state index contributed by atoms with van der Waals surface area (Å²) in [5, 5.41) is 3.39. The van der Waals surface area contributed by atoms with Crippen molar-refractivity contribution in [3.05, 3.63) is 77.1 Å². The van der Waals surface area contributed by atoms with Gasteiger partial charge in [-0.1, -0.05) is 17.7 Å². The summed E-state index contributed by atoms with van der Waals surface area (Å²) in [6.45, 7) is 0.369. The predicted molar refractivity (Wildman–Crippen MR) is 124 cm³/mol. The highest BCUT2D eigenvalue weighted by molar-refractivity contribution is 6.32. The second-order valence-corrected chi connectivity index (χ2v) is 7.70. The van der Waals surface area contributed by atoms with Crippen molar-refractivity contribution in [3.63, 3.8) is 0 Å². The van der Waals surface area contributed by atoms with Gasteiger partial charge < -0.3 is 19.5 Å². The number of nitrogens with zero attached hydrogens (tertiary/aromatic N) is 1. The highest BCUT2D eigenvalue weighted by atomic mass is 35.5. The Morgan fingerprint density at radius 3 is 2.84 bits per heavy atom. The van der Waals surface area contributed by atoms with Crippen LogP contribution in [0.5, 0.6) is 17.2 Å². The van der Waals surface area contributed by atoms with Crippen LogP contribution in [0.2, 0.25) is 5.02 Å². The fourth-order valence-electron chi connectivity index (χ4n) is 3.61. The van der Waals surface area contributed by atoms with E-state index in [1.54, 1.807) is 26.5 Å². The van der Waals surface area contributed by atoms with Crippen molar-refractivity contribution in [2.75, 3.05) is 20.8 Å². The smallest absolute Gasteiger partial charge is 0.244 e. The molecule has 6 nitrogen and oxygen atoms in total. The van der Waals surface area contributed by atoms with E-state index in [2.05, 4.69) is 10.3 Å². The minimum atomic E-state index is -0.205. The standard InChI is InChI=1S/C25H23ClN2O4/c1-30-19-7-8-23(31-2)21(14-19)16-11-17-12-20(32-25(17)22(26)13-16)15-28-24(29)9-6-18-5-3-4-10-27-18/h3-11,13-14,20H,12,15H2,1-2H3,(H,28,29)/b9-6+/t20-/m1/s1. The van der Waals surface area contributed by atoms with Gasteiger partial charge in [-0.05, 0) is 54.1 Å². The zero-order valence-corrected chi connectivity index (χ0v) is 18.6. The first-order valence-electron chi connectivity index (χ1n) is 10.2. The van der Waals surface area contributed by atoms with Crippen LogP contribution in [0.3, 0.4) is 0 Å². The number of fused-ring (bicyclic) bond motifs is 1. The van der Waals surface area contributed by atoms with Crippen LogP contribution in [0, 0.1) is 0 Å². The van der Waals surface area contributed by atoms with Gasteiger partial charge in [0, 0.05) is 29.8 Å². The summed E-state index contributed by atoms with van der Waals surface area (Å²) in [4.78, 5) is 16.3. The van der Waals surface area contributed by atoms with E-state index in [-0.39, 0.29) is 12.0 Å². The van der Waals surface area contributed by atoms with E-state index in [0.29, 0.717) is 23.7 Å². The van der Waals surface area contributed by atoms with Crippen molar-refractivity contribution in [1.82, 2.24) is 10.3 Å². The number of nitrogens with one attached hydrogen (secondary N) is 1. The van der Waals surface area contributed by atoms with Gasteiger partial charge in [-0.2, -0.15) is 0 Å². The lowest BCUT2D eigenvalue weighted by atomic mass is 9.99. The predicted octanol–water partition coefficient (Wildman–Crippen LogP) is 4.55. The SMILES string of the molecule is COc1ccc(OC)c(-c2cc(Cl)c3c(c2)C[C@H](CNC(=O)/C=C/c2ccccn2)O3)c1. The van der Waals surface area contributed by atoms with E-state index in [0.717, 1.165) is 33.9 Å². The third kappa shape index (κ3) is 4.86. The Bertz CT molecular complexity index is 1150. The molecule has 4 rings (SSSR count). The van der Waals surface area contributed by atoms with E-state index in [1.165, 1.54) is 6.08 Å². The van der Waals surface area contributed by atoms with Crippen molar-refractivity contribution in [3.8, 4) is 28.4 Å². The maximum Gasteiger partial charge on any atom is 0.244 e. The molecular weight excluding hydrogens is 428 g/mol. The van der Waals surface area contributed by atoms with Crippen molar-refractivity contribution in [2.45, 2.75) is 12.5 Å². The lowest BCUT2D eigenvalue weighted by Crippen LogP contribution is -2.33. The molecule has 0 aliphatic carbocycles. The Hall–Kier alpha value is -3.51. The Kier molecular flexibility index (Phi) is 6.61. The minimum Gasteiger partial charge on any atom is -0.497 e. The van der Waals surface area contributed by atoms with Gasteiger partial charge in [0.05, 0.1) is 31.5 Å². The Morgan fingerprint density at radius 1 is 1.22 bits per heavy atom. The third-order valence-electron chi connectivity index (χ3n) is 5.17. The summed E-state index contributed by atoms with van der Waals surface area (Å²) < 4.78 is 16.9. The topological polar surface area (TPSA) is 69.7 Å². The fourth-order valence-corrected chi connectivity index (χ4v) is 3.89. The van der Waals surface area contributed by atoms with Crippen LogP contribution < -0.4 is 19.5 Å². The maximum atomic E-state index is 12.1. The number of ether oxygens (including phenoxy) is 3. The van der Waals surface area contributed by atoms with Crippen LogP contribution in [0.15, 0.2) is 60.8 Å². The number of carbonyl (C=O) groups excluding carboxylic acids is 1. The van der Waals surface area contributed by atoms with E-state index in [9.17, 15) is 4.79 Å². The Balaban J connectivity index is 1.45. The Morgan fingerprint density at radius 2 is 2.09 bits per heavy atom. The van der Waals surface area contributed by atoms with Gasteiger partial charge in [-0.25, -0.2) is 0 Å². The van der Waals surface area contributed by atoms with Gasteiger partial charge in [0.2, 0.25) is 5.91 Å². The molecule has 0 fully saturated rings. The number of carbonyl (C=O) groups is 1. The van der Waals surface area contributed by atoms with Gasteiger partial charge in [-0.15, -0.1) is 0 Å². The Labute approximate surface area is 191 Å². The zero-order chi connectivity index (χ0) is 22.5. The van der Waals surface area contributed by atoms with Crippen LogP contribution in [0.4, 0.5) is 0 Å². The van der Waals surface area contributed by atoms with Gasteiger partial charge in [0.25, 0.3) is 0 Å². The molecule has 2 heterocycles. The van der Waals surface area contributed by atoms with Gasteiger partial charge in [-0.3, -0.25) is 9.78 Å². The summed E-state index contributed by atoms with van der Waals surface area (Å²) >= 11 is 6.54. The number of aromatic nitrogens is 1. The number of benzene rings is 2. The number of methoxy groups -OCH3 is 2. The van der Waals surface area contributed by atoms with Crippen molar-refractivity contribution >= 4 is 23.6 Å². The molecule has 1 amide bonds.